The highest BCUT2D eigenvalue weighted by molar-refractivity contribution is 7.89. The van der Waals surface area contributed by atoms with E-state index in [1.807, 2.05) is 6.92 Å². The van der Waals surface area contributed by atoms with Gasteiger partial charge in [0.1, 0.15) is 11.5 Å². The second-order valence-electron chi connectivity index (χ2n) is 2.69. The summed E-state index contributed by atoms with van der Waals surface area (Å²) in [5.74, 6) is 1.19. The molecule has 0 amide bonds. The summed E-state index contributed by atoms with van der Waals surface area (Å²) in [4.78, 5) is 0.115. The van der Waals surface area contributed by atoms with Crippen molar-refractivity contribution >= 4 is 10.0 Å². The largest absolute Gasteiger partial charge is 0.456 e. The van der Waals surface area contributed by atoms with Crippen LogP contribution in [-0.4, -0.2) is 8.42 Å². The SMILES string of the molecule is Cc1c2cc(S(N)(=O)=O)cc1O2. The fourth-order valence-electron chi connectivity index (χ4n) is 1.09. The molecule has 4 nitrogen and oxygen atoms in total. The number of primary sulfonamides is 1. The van der Waals surface area contributed by atoms with Crippen LogP contribution in [0.1, 0.15) is 5.56 Å². The van der Waals surface area contributed by atoms with Crippen LogP contribution in [0.5, 0.6) is 11.5 Å². The van der Waals surface area contributed by atoms with Gasteiger partial charge < -0.3 is 4.74 Å². The highest BCUT2D eigenvalue weighted by Gasteiger charge is 2.23. The average Bonchev–Trinajstić information content (AvgIpc) is 2.02. The van der Waals surface area contributed by atoms with Gasteiger partial charge in [-0.1, -0.05) is 0 Å². The Labute approximate surface area is 70.0 Å². The molecule has 5 heteroatoms. The monoisotopic (exact) mass is 185 g/mol. The zero-order chi connectivity index (χ0) is 8.93. The normalized spacial score (nSPS) is 13.5. The third kappa shape index (κ3) is 0.904. The van der Waals surface area contributed by atoms with Crippen LogP contribution in [-0.2, 0) is 10.0 Å². The molecule has 2 aliphatic heterocycles. The Hall–Kier alpha value is -1.07. The third-order valence-electron chi connectivity index (χ3n) is 1.83. The maximum Gasteiger partial charge on any atom is 0.238 e. The van der Waals surface area contributed by atoms with Gasteiger partial charge in [0.05, 0.1) is 4.90 Å². The Morgan fingerprint density at radius 1 is 1.33 bits per heavy atom. The molecule has 1 aromatic carbocycles. The van der Waals surface area contributed by atoms with Gasteiger partial charge in [0.25, 0.3) is 0 Å². The first kappa shape index (κ1) is 7.57. The number of benzene rings is 1. The van der Waals surface area contributed by atoms with E-state index in [2.05, 4.69) is 0 Å². The fourth-order valence-corrected chi connectivity index (χ4v) is 1.63. The van der Waals surface area contributed by atoms with Crippen LogP contribution in [0.2, 0.25) is 0 Å². The second kappa shape index (κ2) is 1.99. The number of hydrogen-bond acceptors (Lipinski definition) is 3. The van der Waals surface area contributed by atoms with Crippen LogP contribution in [0.15, 0.2) is 17.0 Å². The second-order valence-corrected chi connectivity index (χ2v) is 4.25. The van der Waals surface area contributed by atoms with E-state index in [0.29, 0.717) is 11.5 Å². The van der Waals surface area contributed by atoms with Gasteiger partial charge in [-0.15, -0.1) is 0 Å². The average molecular weight is 185 g/mol. The predicted molar refractivity (Wildman–Crippen MR) is 42.6 cm³/mol. The van der Waals surface area contributed by atoms with Crippen molar-refractivity contribution in [1.82, 2.24) is 0 Å². The molecule has 0 atom stereocenters. The Balaban J connectivity index is 2.63. The van der Waals surface area contributed by atoms with Gasteiger partial charge in [0.15, 0.2) is 0 Å². The van der Waals surface area contributed by atoms with Crippen molar-refractivity contribution in [2.45, 2.75) is 11.8 Å². The van der Waals surface area contributed by atoms with Crippen LogP contribution < -0.4 is 9.88 Å². The van der Waals surface area contributed by atoms with Gasteiger partial charge in [-0.3, -0.25) is 0 Å². The lowest BCUT2D eigenvalue weighted by molar-refractivity contribution is 0.421. The number of aryl methyl sites for hydroxylation is 1. The lowest BCUT2D eigenvalue weighted by Crippen LogP contribution is -2.14. The van der Waals surface area contributed by atoms with Crippen LogP contribution in [0.3, 0.4) is 0 Å². The molecule has 2 bridgehead atoms. The van der Waals surface area contributed by atoms with Crippen molar-refractivity contribution in [2.24, 2.45) is 5.14 Å². The topological polar surface area (TPSA) is 69.4 Å². The van der Waals surface area contributed by atoms with E-state index in [1.54, 1.807) is 0 Å². The van der Waals surface area contributed by atoms with Crippen LogP contribution in [0.4, 0.5) is 0 Å². The molecule has 0 saturated carbocycles. The minimum absolute atomic E-state index is 0.115. The lowest BCUT2D eigenvalue weighted by atomic mass is 10.1. The van der Waals surface area contributed by atoms with Gasteiger partial charge in [0, 0.05) is 17.7 Å². The van der Waals surface area contributed by atoms with Gasteiger partial charge >= 0.3 is 0 Å². The summed E-state index contributed by atoms with van der Waals surface area (Å²) in [6.45, 7) is 1.86. The molecule has 2 aliphatic rings. The summed E-state index contributed by atoms with van der Waals surface area (Å²) in [6.07, 6.45) is 0. The van der Waals surface area contributed by atoms with Crippen molar-refractivity contribution in [3.8, 4) is 11.5 Å². The lowest BCUT2D eigenvalue weighted by Gasteiger charge is -2.22. The summed E-state index contributed by atoms with van der Waals surface area (Å²) in [5.41, 5.74) is 0.974. The summed E-state index contributed by atoms with van der Waals surface area (Å²) in [7, 11) is -3.58. The number of nitrogens with two attached hydrogens (primary N) is 1. The first-order valence-electron chi connectivity index (χ1n) is 3.34. The van der Waals surface area contributed by atoms with Crippen LogP contribution >= 0.6 is 0 Å². The van der Waals surface area contributed by atoms with E-state index in [0.717, 1.165) is 5.56 Å². The van der Waals surface area contributed by atoms with Crippen LogP contribution in [0.25, 0.3) is 0 Å². The van der Waals surface area contributed by atoms with Crippen molar-refractivity contribution in [3.63, 3.8) is 0 Å². The Bertz CT molecular complexity index is 427. The van der Waals surface area contributed by atoms with E-state index in [1.165, 1.54) is 12.1 Å². The minimum Gasteiger partial charge on any atom is -0.456 e. The molecular formula is C7H7NO3S. The maximum atomic E-state index is 10.8. The first-order valence-corrected chi connectivity index (χ1v) is 4.88. The van der Waals surface area contributed by atoms with E-state index >= 15 is 0 Å². The van der Waals surface area contributed by atoms with E-state index in [9.17, 15) is 8.42 Å². The van der Waals surface area contributed by atoms with Crippen LogP contribution in [0, 0.1) is 6.92 Å². The quantitative estimate of drug-likeness (QED) is 0.712. The zero-order valence-electron chi connectivity index (χ0n) is 6.37. The fraction of sp³-hybridized carbons (Fsp3) is 0.143. The van der Waals surface area contributed by atoms with Crippen molar-refractivity contribution in [3.05, 3.63) is 17.7 Å². The smallest absolute Gasteiger partial charge is 0.238 e. The van der Waals surface area contributed by atoms with E-state index < -0.39 is 10.0 Å². The van der Waals surface area contributed by atoms with E-state index in [-0.39, 0.29) is 4.90 Å². The Kier molecular flexibility index (Phi) is 1.26. The highest BCUT2D eigenvalue weighted by atomic mass is 32.2. The number of sulfonamides is 1. The number of hydrogen-bond donors (Lipinski definition) is 1. The van der Waals surface area contributed by atoms with Gasteiger partial charge in [-0.2, -0.15) is 0 Å². The van der Waals surface area contributed by atoms with Gasteiger partial charge in [-0.25, -0.2) is 13.6 Å². The Morgan fingerprint density at radius 3 is 2.17 bits per heavy atom. The zero-order valence-corrected chi connectivity index (χ0v) is 7.18. The summed E-state index contributed by atoms with van der Waals surface area (Å²) in [5, 5.41) is 4.92. The predicted octanol–water partition coefficient (Wildman–Crippen LogP) is 0.748. The maximum absolute atomic E-state index is 10.8. The molecule has 0 fully saturated rings. The number of ether oxygens (including phenoxy) is 1. The molecule has 0 aromatic heterocycles. The third-order valence-corrected chi connectivity index (χ3v) is 2.73. The van der Waals surface area contributed by atoms with Crippen molar-refractivity contribution in [1.29, 1.82) is 0 Å². The molecule has 12 heavy (non-hydrogen) atoms. The molecule has 0 spiro atoms. The minimum atomic E-state index is -3.58. The highest BCUT2D eigenvalue weighted by Crippen LogP contribution is 2.43. The molecular weight excluding hydrogens is 178 g/mol. The summed E-state index contributed by atoms with van der Waals surface area (Å²) < 4.78 is 26.7. The first-order chi connectivity index (χ1) is 5.48. The molecule has 0 unspecified atom stereocenters. The molecule has 0 aliphatic carbocycles. The molecule has 3 rings (SSSR count). The molecule has 1 aromatic rings. The van der Waals surface area contributed by atoms with Gasteiger partial charge in [0.2, 0.25) is 10.0 Å². The molecule has 2 N–H and O–H groups in total. The summed E-state index contributed by atoms with van der Waals surface area (Å²) >= 11 is 0. The molecule has 64 valence electrons. The molecule has 0 radical (unpaired) electrons. The van der Waals surface area contributed by atoms with Crippen molar-refractivity contribution < 1.29 is 13.2 Å². The Morgan fingerprint density at radius 2 is 1.83 bits per heavy atom. The number of rotatable bonds is 1. The van der Waals surface area contributed by atoms with Crippen molar-refractivity contribution in [2.75, 3.05) is 0 Å². The van der Waals surface area contributed by atoms with E-state index in [4.69, 9.17) is 9.88 Å². The molecule has 2 heterocycles. The molecule has 0 saturated heterocycles. The van der Waals surface area contributed by atoms with Gasteiger partial charge in [-0.05, 0) is 6.92 Å². The standard InChI is InChI=1S/C7H7NO3S/c1-4-6-2-5(12(8,9)10)3-7(4)11-6/h2-3H,1H3,(H2,8,9,10). The summed E-state index contributed by atoms with van der Waals surface area (Å²) in [6, 6.07) is 2.86. The number of fused-ring (bicyclic) bond motifs is 2.